The summed E-state index contributed by atoms with van der Waals surface area (Å²) >= 11 is 6.59. The number of halogens is 2. The molecular weight excluding hydrogens is 448 g/mol. The van der Waals surface area contributed by atoms with Crippen LogP contribution in [0.2, 0.25) is 0 Å². The fourth-order valence-electron chi connectivity index (χ4n) is 2.75. The van der Waals surface area contributed by atoms with Crippen LogP contribution >= 0.6 is 31.9 Å². The molecule has 2 atom stereocenters. The summed E-state index contributed by atoms with van der Waals surface area (Å²) in [5, 5.41) is 3.97. The molecule has 1 saturated carbocycles. The Morgan fingerprint density at radius 1 is 1.28 bits per heavy atom. The topological polar surface area (TPSA) is 54.6 Å². The zero-order valence-electron chi connectivity index (χ0n) is 14.3. The predicted octanol–water partition coefficient (Wildman–Crippen LogP) is 5.36. The maximum Gasteiger partial charge on any atom is 0.243 e. The van der Waals surface area contributed by atoms with Crippen molar-refractivity contribution >= 4 is 44.0 Å². The first kappa shape index (κ1) is 18.4. The van der Waals surface area contributed by atoms with Crippen LogP contribution in [0.5, 0.6) is 0 Å². The first-order chi connectivity index (χ1) is 11.8. The van der Waals surface area contributed by atoms with E-state index in [1.165, 1.54) is 17.3 Å². The van der Waals surface area contributed by atoms with Crippen LogP contribution in [0, 0.1) is 5.92 Å². The number of hydrogen-bond acceptors (Lipinski definition) is 3. The highest BCUT2D eigenvalue weighted by atomic mass is 79.9. The van der Waals surface area contributed by atoms with Crippen molar-refractivity contribution in [3.05, 3.63) is 56.4 Å². The first-order valence-electron chi connectivity index (χ1n) is 8.14. The molecular formula is C19H20Br2N2O2. The van der Waals surface area contributed by atoms with Crippen molar-refractivity contribution < 1.29 is 9.21 Å². The summed E-state index contributed by atoms with van der Waals surface area (Å²) in [6.07, 6.45) is 2.36. The molecule has 0 spiro atoms. The number of benzene rings is 1. The molecule has 1 aliphatic carbocycles. The van der Waals surface area contributed by atoms with Gasteiger partial charge in [-0.2, -0.15) is 5.10 Å². The lowest BCUT2D eigenvalue weighted by Crippen LogP contribution is -2.20. The van der Waals surface area contributed by atoms with E-state index in [0.29, 0.717) is 10.4 Å². The highest BCUT2D eigenvalue weighted by Crippen LogP contribution is 2.47. The zero-order chi connectivity index (χ0) is 18.2. The largest absolute Gasteiger partial charge is 0.447 e. The van der Waals surface area contributed by atoms with Crippen LogP contribution in [-0.4, -0.2) is 12.1 Å². The summed E-state index contributed by atoms with van der Waals surface area (Å²) in [5.74, 6) is 0.791. The third kappa shape index (κ3) is 4.42. The predicted molar refractivity (Wildman–Crippen MR) is 106 cm³/mol. The number of nitrogens with one attached hydrogen (secondary N) is 1. The molecule has 1 aromatic carbocycles. The quantitative estimate of drug-likeness (QED) is 0.486. The minimum absolute atomic E-state index is 0.00675. The number of amides is 1. The van der Waals surface area contributed by atoms with Crippen LogP contribution in [0.15, 0.2) is 49.0 Å². The summed E-state index contributed by atoms with van der Waals surface area (Å²) in [4.78, 5) is 12.2. The van der Waals surface area contributed by atoms with Crippen LogP contribution in [0.3, 0.4) is 0 Å². The van der Waals surface area contributed by atoms with Gasteiger partial charge < -0.3 is 4.42 Å². The average molecular weight is 468 g/mol. The standard InChI is InChI=1S/C19H20Br2N2O2/c1-19(2,3)12-6-4-11(5-7-12)14-9-15(14)18(24)23-22-10-13-8-16(20)17(21)25-13/h4-8,10,14-15H,9H2,1-3H3,(H,23,24)/b22-10-. The fourth-order valence-corrected chi connectivity index (χ4v) is 3.36. The van der Waals surface area contributed by atoms with Crippen molar-refractivity contribution in [2.75, 3.05) is 0 Å². The summed E-state index contributed by atoms with van der Waals surface area (Å²) < 4.78 is 6.78. The summed E-state index contributed by atoms with van der Waals surface area (Å²) in [6.45, 7) is 6.59. The van der Waals surface area contributed by atoms with E-state index in [0.717, 1.165) is 10.9 Å². The number of carbonyl (C=O) groups is 1. The van der Waals surface area contributed by atoms with Gasteiger partial charge in [0.1, 0.15) is 5.76 Å². The van der Waals surface area contributed by atoms with Gasteiger partial charge in [0.2, 0.25) is 5.91 Å². The van der Waals surface area contributed by atoms with E-state index < -0.39 is 0 Å². The van der Waals surface area contributed by atoms with Gasteiger partial charge >= 0.3 is 0 Å². The minimum Gasteiger partial charge on any atom is -0.447 e. The number of nitrogens with zero attached hydrogens (tertiary/aromatic N) is 1. The van der Waals surface area contributed by atoms with E-state index in [9.17, 15) is 4.79 Å². The van der Waals surface area contributed by atoms with E-state index in [-0.39, 0.29) is 23.2 Å². The number of furan rings is 1. The van der Waals surface area contributed by atoms with Crippen LogP contribution in [0.1, 0.15) is 50.0 Å². The molecule has 132 valence electrons. The molecule has 1 aliphatic rings. The van der Waals surface area contributed by atoms with Gasteiger partial charge in [0, 0.05) is 12.0 Å². The SMILES string of the molecule is CC(C)(C)c1ccc(C2CC2C(=O)N/N=C\c2cc(Br)c(Br)o2)cc1. The Morgan fingerprint density at radius 3 is 2.52 bits per heavy atom. The Morgan fingerprint density at radius 2 is 1.96 bits per heavy atom. The molecule has 1 fully saturated rings. The normalized spacial score (nSPS) is 20.0. The molecule has 1 amide bonds. The van der Waals surface area contributed by atoms with Gasteiger partial charge in [-0.15, -0.1) is 0 Å². The van der Waals surface area contributed by atoms with Crippen molar-refractivity contribution in [1.82, 2.24) is 5.43 Å². The molecule has 2 unspecified atom stereocenters. The summed E-state index contributed by atoms with van der Waals surface area (Å²) in [5.41, 5.74) is 5.26. The molecule has 0 radical (unpaired) electrons. The highest BCUT2D eigenvalue weighted by Gasteiger charge is 2.44. The van der Waals surface area contributed by atoms with E-state index in [1.807, 2.05) is 0 Å². The molecule has 0 saturated heterocycles. The molecule has 4 nitrogen and oxygen atoms in total. The van der Waals surface area contributed by atoms with Gasteiger partial charge in [0.05, 0.1) is 10.7 Å². The van der Waals surface area contributed by atoms with Crippen molar-refractivity contribution in [2.24, 2.45) is 11.0 Å². The smallest absolute Gasteiger partial charge is 0.243 e. The minimum atomic E-state index is -0.0502. The summed E-state index contributed by atoms with van der Waals surface area (Å²) in [6, 6.07) is 10.4. The third-order valence-electron chi connectivity index (χ3n) is 4.36. The van der Waals surface area contributed by atoms with Crippen LogP contribution in [0.4, 0.5) is 0 Å². The van der Waals surface area contributed by atoms with E-state index >= 15 is 0 Å². The van der Waals surface area contributed by atoms with Gasteiger partial charge in [0.25, 0.3) is 0 Å². The Kier molecular flexibility index (Phi) is 5.21. The Hall–Kier alpha value is -1.40. The van der Waals surface area contributed by atoms with Crippen molar-refractivity contribution in [1.29, 1.82) is 0 Å². The fraction of sp³-hybridized carbons (Fsp3) is 0.368. The second-order valence-electron chi connectivity index (χ2n) is 7.33. The molecule has 2 aromatic rings. The first-order valence-corrected chi connectivity index (χ1v) is 9.72. The lowest BCUT2D eigenvalue weighted by molar-refractivity contribution is -0.122. The second-order valence-corrected chi connectivity index (χ2v) is 8.90. The zero-order valence-corrected chi connectivity index (χ0v) is 17.5. The third-order valence-corrected chi connectivity index (χ3v) is 6.07. The molecule has 1 aromatic heterocycles. The lowest BCUT2D eigenvalue weighted by atomic mass is 9.86. The Labute approximate surface area is 164 Å². The van der Waals surface area contributed by atoms with Gasteiger partial charge in [0.15, 0.2) is 4.67 Å². The second kappa shape index (κ2) is 7.08. The molecule has 3 rings (SSSR count). The van der Waals surface area contributed by atoms with E-state index in [1.54, 1.807) is 6.07 Å². The number of hydrogen-bond donors (Lipinski definition) is 1. The molecule has 0 aliphatic heterocycles. The molecule has 25 heavy (non-hydrogen) atoms. The number of carbonyl (C=O) groups excluding carboxylic acids is 1. The van der Waals surface area contributed by atoms with Crippen LogP contribution in [0.25, 0.3) is 0 Å². The van der Waals surface area contributed by atoms with Crippen LogP contribution < -0.4 is 5.43 Å². The van der Waals surface area contributed by atoms with Crippen molar-refractivity contribution in [3.8, 4) is 0 Å². The van der Waals surface area contributed by atoms with Crippen LogP contribution in [-0.2, 0) is 10.2 Å². The van der Waals surface area contributed by atoms with Gasteiger partial charge in [-0.05, 0) is 60.7 Å². The van der Waals surface area contributed by atoms with E-state index in [4.69, 9.17) is 4.42 Å². The molecule has 1 N–H and O–H groups in total. The monoisotopic (exact) mass is 466 g/mol. The van der Waals surface area contributed by atoms with Crippen molar-refractivity contribution in [2.45, 2.75) is 38.5 Å². The maximum atomic E-state index is 12.2. The summed E-state index contributed by atoms with van der Waals surface area (Å²) in [7, 11) is 0. The lowest BCUT2D eigenvalue weighted by Gasteiger charge is -2.19. The number of hydrazone groups is 1. The Bertz CT molecular complexity index is 784. The van der Waals surface area contributed by atoms with Gasteiger partial charge in [-0.3, -0.25) is 4.79 Å². The van der Waals surface area contributed by atoms with Gasteiger partial charge in [-0.1, -0.05) is 45.0 Å². The van der Waals surface area contributed by atoms with E-state index in [2.05, 4.69) is 87.4 Å². The number of rotatable bonds is 4. The highest BCUT2D eigenvalue weighted by molar-refractivity contribution is 9.13. The van der Waals surface area contributed by atoms with Crippen molar-refractivity contribution in [3.63, 3.8) is 0 Å². The molecule has 0 bridgehead atoms. The Balaban J connectivity index is 1.55. The molecule has 6 heteroatoms. The maximum absolute atomic E-state index is 12.2. The average Bonchev–Trinajstić information content (AvgIpc) is 3.28. The van der Waals surface area contributed by atoms with Gasteiger partial charge in [-0.25, -0.2) is 5.43 Å². The molecule has 1 heterocycles.